The Morgan fingerprint density at radius 3 is 2.58 bits per heavy atom. The van der Waals surface area contributed by atoms with Gasteiger partial charge in [-0.3, -0.25) is 4.79 Å². The topological polar surface area (TPSA) is 60.7 Å². The van der Waals surface area contributed by atoms with Gasteiger partial charge in [-0.05, 0) is 60.2 Å². The van der Waals surface area contributed by atoms with Gasteiger partial charge in [-0.2, -0.15) is 4.68 Å². The van der Waals surface area contributed by atoms with Gasteiger partial charge < -0.3 is 0 Å². The van der Waals surface area contributed by atoms with E-state index < -0.39 is 5.25 Å². The van der Waals surface area contributed by atoms with Crippen LogP contribution in [0.25, 0.3) is 5.69 Å². The molecule has 0 radical (unpaired) electrons. The van der Waals surface area contributed by atoms with E-state index in [0.717, 1.165) is 11.3 Å². The fraction of sp³-hybridized carbons (Fsp3) is 0.176. The molecule has 2 aromatic carbocycles. The minimum atomic E-state index is -0.399. The van der Waals surface area contributed by atoms with E-state index >= 15 is 0 Å². The average Bonchev–Trinajstić information content (AvgIpc) is 3.03. The summed E-state index contributed by atoms with van der Waals surface area (Å²) in [5.74, 6) is -0.463. The van der Waals surface area contributed by atoms with E-state index in [1.807, 2.05) is 31.2 Å². The van der Waals surface area contributed by atoms with Crippen molar-refractivity contribution in [3.63, 3.8) is 0 Å². The van der Waals surface area contributed by atoms with Crippen LogP contribution in [0.1, 0.15) is 22.8 Å². The normalized spacial score (nSPS) is 12.1. The molecule has 0 saturated carbocycles. The fourth-order valence-corrected chi connectivity index (χ4v) is 3.14. The van der Waals surface area contributed by atoms with E-state index in [1.165, 1.54) is 36.0 Å². The molecule has 0 bridgehead atoms. The van der Waals surface area contributed by atoms with Crippen LogP contribution in [0.3, 0.4) is 0 Å². The number of aryl methyl sites for hydroxylation is 1. The molecule has 0 unspecified atom stereocenters. The lowest BCUT2D eigenvalue weighted by molar-refractivity contribution is 0.0994. The van der Waals surface area contributed by atoms with Crippen molar-refractivity contribution in [1.82, 2.24) is 20.2 Å². The zero-order chi connectivity index (χ0) is 17.1. The van der Waals surface area contributed by atoms with Crippen molar-refractivity contribution in [3.8, 4) is 5.69 Å². The summed E-state index contributed by atoms with van der Waals surface area (Å²) in [6.07, 6.45) is 0. The Morgan fingerprint density at radius 2 is 1.88 bits per heavy atom. The number of thioether (sulfide) groups is 1. The molecule has 0 aliphatic rings. The molecule has 1 heterocycles. The third-order valence-corrected chi connectivity index (χ3v) is 4.60. The molecule has 0 aliphatic heterocycles. The highest BCUT2D eigenvalue weighted by atomic mass is 32.2. The Hall–Kier alpha value is -2.54. The van der Waals surface area contributed by atoms with Gasteiger partial charge in [0.2, 0.25) is 5.16 Å². The second-order valence-corrected chi connectivity index (χ2v) is 6.60. The van der Waals surface area contributed by atoms with E-state index in [-0.39, 0.29) is 11.6 Å². The van der Waals surface area contributed by atoms with Gasteiger partial charge in [-0.15, -0.1) is 5.10 Å². The summed E-state index contributed by atoms with van der Waals surface area (Å²) in [7, 11) is 0. The van der Waals surface area contributed by atoms with Crippen molar-refractivity contribution in [2.24, 2.45) is 0 Å². The third kappa shape index (κ3) is 3.35. The predicted molar refractivity (Wildman–Crippen MR) is 89.9 cm³/mol. The lowest BCUT2D eigenvalue weighted by Crippen LogP contribution is -2.15. The first-order valence-electron chi connectivity index (χ1n) is 7.37. The Labute approximate surface area is 142 Å². The minimum Gasteiger partial charge on any atom is -0.293 e. The molecular weight excluding hydrogens is 327 g/mol. The van der Waals surface area contributed by atoms with Gasteiger partial charge in [-0.25, -0.2) is 4.39 Å². The number of carbonyl (C=O) groups is 1. The largest absolute Gasteiger partial charge is 0.293 e. The van der Waals surface area contributed by atoms with E-state index in [2.05, 4.69) is 15.5 Å². The molecule has 0 fully saturated rings. The van der Waals surface area contributed by atoms with Crippen LogP contribution in [-0.2, 0) is 0 Å². The van der Waals surface area contributed by atoms with Crippen molar-refractivity contribution >= 4 is 17.5 Å². The smallest absolute Gasteiger partial charge is 0.214 e. The van der Waals surface area contributed by atoms with Crippen LogP contribution in [-0.4, -0.2) is 31.2 Å². The number of benzene rings is 2. The van der Waals surface area contributed by atoms with Gasteiger partial charge in [-0.1, -0.05) is 30.0 Å². The first-order valence-corrected chi connectivity index (χ1v) is 8.25. The highest BCUT2D eigenvalue weighted by Crippen LogP contribution is 2.26. The van der Waals surface area contributed by atoms with E-state index in [1.54, 1.807) is 11.6 Å². The number of rotatable bonds is 5. The lowest BCUT2D eigenvalue weighted by Gasteiger charge is -2.11. The second kappa shape index (κ2) is 6.92. The number of halogens is 1. The zero-order valence-corrected chi connectivity index (χ0v) is 14.0. The quantitative estimate of drug-likeness (QED) is 0.525. The molecule has 1 atom stereocenters. The van der Waals surface area contributed by atoms with Crippen molar-refractivity contribution in [2.45, 2.75) is 24.3 Å². The van der Waals surface area contributed by atoms with Gasteiger partial charge in [0.15, 0.2) is 5.78 Å². The average molecular weight is 342 g/mol. The fourth-order valence-electron chi connectivity index (χ4n) is 2.27. The first kappa shape index (κ1) is 16.3. The molecular formula is C17H15FN4OS. The monoisotopic (exact) mass is 342 g/mol. The maximum atomic E-state index is 13.0. The van der Waals surface area contributed by atoms with Gasteiger partial charge in [0, 0.05) is 5.56 Å². The van der Waals surface area contributed by atoms with Crippen LogP contribution < -0.4 is 0 Å². The molecule has 24 heavy (non-hydrogen) atoms. The standard InChI is InChI=1S/C17H15FN4OS/c1-11-5-3-4-6-15(11)22-17(19-20-21-22)24-12(2)16(23)13-7-9-14(18)10-8-13/h3-10,12H,1-2H3/t12-/m1/s1. The Balaban J connectivity index is 1.82. The Kier molecular flexibility index (Phi) is 4.71. The molecule has 122 valence electrons. The van der Waals surface area contributed by atoms with Crippen LogP contribution in [0, 0.1) is 12.7 Å². The Bertz CT molecular complexity index is 863. The van der Waals surface area contributed by atoms with Gasteiger partial charge >= 0.3 is 0 Å². The molecule has 5 nitrogen and oxygen atoms in total. The number of nitrogens with zero attached hydrogens (tertiary/aromatic N) is 4. The van der Waals surface area contributed by atoms with Gasteiger partial charge in [0.25, 0.3) is 0 Å². The summed E-state index contributed by atoms with van der Waals surface area (Å²) in [4.78, 5) is 12.5. The number of hydrogen-bond acceptors (Lipinski definition) is 5. The van der Waals surface area contributed by atoms with E-state index in [0.29, 0.717) is 10.7 Å². The number of tetrazole rings is 1. The number of ketones is 1. The number of Topliss-reactive ketones (excluding diaryl/α,β-unsaturated/α-hetero) is 1. The maximum absolute atomic E-state index is 13.0. The molecule has 7 heteroatoms. The SMILES string of the molecule is Cc1ccccc1-n1nnnc1S[C@H](C)C(=O)c1ccc(F)cc1. The van der Waals surface area contributed by atoms with Crippen LogP contribution in [0.15, 0.2) is 53.7 Å². The molecule has 0 saturated heterocycles. The lowest BCUT2D eigenvalue weighted by atomic mass is 10.1. The van der Waals surface area contributed by atoms with Crippen molar-refractivity contribution in [1.29, 1.82) is 0 Å². The molecule has 1 aromatic heterocycles. The van der Waals surface area contributed by atoms with Crippen LogP contribution >= 0.6 is 11.8 Å². The zero-order valence-electron chi connectivity index (χ0n) is 13.2. The van der Waals surface area contributed by atoms with Crippen molar-refractivity contribution < 1.29 is 9.18 Å². The molecule has 3 rings (SSSR count). The molecule has 3 aromatic rings. The molecule has 0 amide bonds. The summed E-state index contributed by atoms with van der Waals surface area (Å²) < 4.78 is 14.6. The second-order valence-electron chi connectivity index (χ2n) is 5.29. The predicted octanol–water partition coefficient (Wildman–Crippen LogP) is 3.47. The summed E-state index contributed by atoms with van der Waals surface area (Å²) in [6.45, 7) is 3.76. The summed E-state index contributed by atoms with van der Waals surface area (Å²) in [6, 6.07) is 13.3. The summed E-state index contributed by atoms with van der Waals surface area (Å²) >= 11 is 1.27. The number of carbonyl (C=O) groups excluding carboxylic acids is 1. The summed E-state index contributed by atoms with van der Waals surface area (Å²) in [5.41, 5.74) is 2.36. The van der Waals surface area contributed by atoms with Crippen LogP contribution in [0.4, 0.5) is 4.39 Å². The van der Waals surface area contributed by atoms with E-state index in [4.69, 9.17) is 0 Å². The minimum absolute atomic E-state index is 0.0978. The number of aromatic nitrogens is 4. The highest BCUT2D eigenvalue weighted by molar-refractivity contribution is 8.00. The van der Waals surface area contributed by atoms with E-state index in [9.17, 15) is 9.18 Å². The summed E-state index contributed by atoms with van der Waals surface area (Å²) in [5, 5.41) is 11.9. The van der Waals surface area contributed by atoms with Gasteiger partial charge in [0.05, 0.1) is 10.9 Å². The molecule has 0 N–H and O–H groups in total. The van der Waals surface area contributed by atoms with Crippen LogP contribution in [0.2, 0.25) is 0 Å². The van der Waals surface area contributed by atoms with Crippen molar-refractivity contribution in [2.75, 3.05) is 0 Å². The molecule has 0 aliphatic carbocycles. The maximum Gasteiger partial charge on any atom is 0.214 e. The van der Waals surface area contributed by atoms with Gasteiger partial charge in [0.1, 0.15) is 5.82 Å². The first-order chi connectivity index (χ1) is 11.6. The van der Waals surface area contributed by atoms with Crippen molar-refractivity contribution in [3.05, 3.63) is 65.5 Å². The number of para-hydroxylation sites is 1. The van der Waals surface area contributed by atoms with Crippen LogP contribution in [0.5, 0.6) is 0 Å². The highest BCUT2D eigenvalue weighted by Gasteiger charge is 2.21. The third-order valence-electron chi connectivity index (χ3n) is 3.56. The Morgan fingerprint density at radius 1 is 1.17 bits per heavy atom. The molecule has 0 spiro atoms. The number of hydrogen-bond donors (Lipinski definition) is 0.